The highest BCUT2D eigenvalue weighted by atomic mass is 16.3. The average molecular weight is 288 g/mol. The number of aromatic nitrogens is 2. The summed E-state index contributed by atoms with van der Waals surface area (Å²) in [5.41, 5.74) is 1.91. The number of fused-ring (bicyclic) bond motifs is 2. The third-order valence-electron chi connectivity index (χ3n) is 3.79. The second-order valence-corrected chi connectivity index (χ2v) is 5.14. The number of nitrogens with zero attached hydrogens (tertiary/aromatic N) is 2. The van der Waals surface area contributed by atoms with Crippen LogP contribution in [0.25, 0.3) is 32.8 Å². The summed E-state index contributed by atoms with van der Waals surface area (Å²) >= 11 is 0. The maximum atomic E-state index is 10.6. The van der Waals surface area contributed by atoms with Gasteiger partial charge in [-0.15, -0.1) is 0 Å². The summed E-state index contributed by atoms with van der Waals surface area (Å²) in [4.78, 5) is 8.10. The maximum absolute atomic E-state index is 10.6. The van der Waals surface area contributed by atoms with Gasteiger partial charge in [0, 0.05) is 17.1 Å². The molecular formula is C18H12N2O2. The molecule has 3 aromatic carbocycles. The molecule has 0 amide bonds. The highest BCUT2D eigenvalue weighted by molar-refractivity contribution is 6.02. The second kappa shape index (κ2) is 4.70. The van der Waals surface area contributed by atoms with Crippen LogP contribution in [0, 0.1) is 0 Å². The molecule has 4 nitrogen and oxygen atoms in total. The lowest BCUT2D eigenvalue weighted by atomic mass is 9.96. The number of hydrogen-bond donors (Lipinski definition) is 2. The fourth-order valence-electron chi connectivity index (χ4n) is 2.77. The lowest BCUT2D eigenvalue weighted by Gasteiger charge is -2.11. The van der Waals surface area contributed by atoms with E-state index in [0.29, 0.717) is 11.1 Å². The van der Waals surface area contributed by atoms with Crippen molar-refractivity contribution >= 4 is 21.7 Å². The van der Waals surface area contributed by atoms with Crippen LogP contribution in [0.5, 0.6) is 11.5 Å². The first-order valence-electron chi connectivity index (χ1n) is 6.88. The Morgan fingerprint density at radius 2 is 1.68 bits per heavy atom. The van der Waals surface area contributed by atoms with E-state index >= 15 is 0 Å². The van der Waals surface area contributed by atoms with Crippen molar-refractivity contribution in [1.29, 1.82) is 0 Å². The van der Waals surface area contributed by atoms with Gasteiger partial charge in [0.05, 0.1) is 0 Å². The Kier molecular flexibility index (Phi) is 2.69. The predicted molar refractivity (Wildman–Crippen MR) is 85.8 cm³/mol. The topological polar surface area (TPSA) is 66.2 Å². The first-order valence-corrected chi connectivity index (χ1v) is 6.88. The molecule has 0 radical (unpaired) electrons. The van der Waals surface area contributed by atoms with E-state index in [1.54, 1.807) is 18.3 Å². The zero-order chi connectivity index (χ0) is 15.1. The molecule has 1 aromatic heterocycles. The van der Waals surface area contributed by atoms with Crippen LogP contribution in [-0.2, 0) is 0 Å². The molecule has 0 aliphatic carbocycles. The van der Waals surface area contributed by atoms with Gasteiger partial charge in [0.25, 0.3) is 0 Å². The van der Waals surface area contributed by atoms with Crippen molar-refractivity contribution in [3.8, 4) is 22.6 Å². The van der Waals surface area contributed by atoms with Crippen molar-refractivity contribution in [3.63, 3.8) is 0 Å². The number of hydrogen-bond acceptors (Lipinski definition) is 4. The summed E-state index contributed by atoms with van der Waals surface area (Å²) in [7, 11) is 0. The molecule has 0 fully saturated rings. The molecule has 0 saturated heterocycles. The van der Waals surface area contributed by atoms with Gasteiger partial charge in [-0.2, -0.15) is 0 Å². The highest BCUT2D eigenvalue weighted by Crippen LogP contribution is 2.39. The van der Waals surface area contributed by atoms with Gasteiger partial charge in [0.1, 0.15) is 23.3 Å². The van der Waals surface area contributed by atoms with E-state index in [2.05, 4.69) is 9.97 Å². The van der Waals surface area contributed by atoms with Gasteiger partial charge in [-0.05, 0) is 34.5 Å². The fourth-order valence-corrected chi connectivity index (χ4v) is 2.77. The van der Waals surface area contributed by atoms with Gasteiger partial charge in [-0.3, -0.25) is 0 Å². The van der Waals surface area contributed by atoms with Crippen molar-refractivity contribution in [3.05, 3.63) is 61.1 Å². The molecular weight excluding hydrogens is 276 g/mol. The lowest BCUT2D eigenvalue weighted by Crippen LogP contribution is -1.87. The fraction of sp³-hybridized carbons (Fsp3) is 0. The summed E-state index contributed by atoms with van der Waals surface area (Å²) in [5, 5.41) is 23.2. The molecule has 0 saturated carbocycles. The van der Waals surface area contributed by atoms with Crippen molar-refractivity contribution < 1.29 is 10.2 Å². The van der Waals surface area contributed by atoms with Gasteiger partial charge >= 0.3 is 0 Å². The van der Waals surface area contributed by atoms with E-state index in [9.17, 15) is 10.2 Å². The van der Waals surface area contributed by atoms with Gasteiger partial charge in [0.15, 0.2) is 0 Å². The maximum Gasteiger partial charge on any atom is 0.149 e. The SMILES string of the molecule is Oc1cc(-c2ccc3cncnc3c2O)c2ccccc2c1. The summed E-state index contributed by atoms with van der Waals surface area (Å²) in [5.74, 6) is 0.256. The Bertz CT molecular complexity index is 1010. The van der Waals surface area contributed by atoms with Crippen LogP contribution in [0.4, 0.5) is 0 Å². The number of rotatable bonds is 1. The molecule has 0 bridgehead atoms. The summed E-state index contributed by atoms with van der Waals surface area (Å²) in [6.07, 6.45) is 3.07. The number of benzene rings is 3. The van der Waals surface area contributed by atoms with Crippen LogP contribution in [0.1, 0.15) is 0 Å². The van der Waals surface area contributed by atoms with Crippen molar-refractivity contribution in [2.75, 3.05) is 0 Å². The largest absolute Gasteiger partial charge is 0.508 e. The second-order valence-electron chi connectivity index (χ2n) is 5.14. The molecule has 2 N–H and O–H groups in total. The average Bonchev–Trinajstić information content (AvgIpc) is 2.55. The van der Waals surface area contributed by atoms with Crippen LogP contribution >= 0.6 is 0 Å². The quantitative estimate of drug-likeness (QED) is 0.558. The van der Waals surface area contributed by atoms with E-state index in [1.807, 2.05) is 36.4 Å². The molecule has 4 heteroatoms. The first kappa shape index (κ1) is 12.6. The molecule has 106 valence electrons. The Hall–Kier alpha value is -3.14. The molecule has 0 aliphatic rings. The highest BCUT2D eigenvalue weighted by Gasteiger charge is 2.13. The van der Waals surface area contributed by atoms with E-state index < -0.39 is 0 Å². The number of phenolic OH excluding ortho intramolecular Hbond substituents is 2. The smallest absolute Gasteiger partial charge is 0.149 e. The summed E-state index contributed by atoms with van der Waals surface area (Å²) < 4.78 is 0. The molecule has 4 aromatic rings. The van der Waals surface area contributed by atoms with E-state index in [4.69, 9.17) is 0 Å². The van der Waals surface area contributed by atoms with Crippen LogP contribution in [0.2, 0.25) is 0 Å². The molecule has 22 heavy (non-hydrogen) atoms. The van der Waals surface area contributed by atoms with Gasteiger partial charge < -0.3 is 10.2 Å². The molecule has 1 heterocycles. The lowest BCUT2D eigenvalue weighted by molar-refractivity contribution is 0.476. The Morgan fingerprint density at radius 1 is 0.818 bits per heavy atom. The summed E-state index contributed by atoms with van der Waals surface area (Å²) in [6, 6.07) is 14.8. The van der Waals surface area contributed by atoms with Crippen molar-refractivity contribution in [1.82, 2.24) is 9.97 Å². The van der Waals surface area contributed by atoms with Crippen molar-refractivity contribution in [2.24, 2.45) is 0 Å². The van der Waals surface area contributed by atoms with E-state index in [1.165, 1.54) is 6.33 Å². The molecule has 0 aliphatic heterocycles. The molecule has 4 rings (SSSR count). The van der Waals surface area contributed by atoms with Crippen LogP contribution in [0.15, 0.2) is 61.1 Å². The van der Waals surface area contributed by atoms with Gasteiger partial charge in [-0.25, -0.2) is 9.97 Å². The summed E-state index contributed by atoms with van der Waals surface area (Å²) in [6.45, 7) is 0. The van der Waals surface area contributed by atoms with E-state index in [0.717, 1.165) is 21.7 Å². The minimum absolute atomic E-state index is 0.0932. The van der Waals surface area contributed by atoms with Crippen LogP contribution in [0.3, 0.4) is 0 Å². The van der Waals surface area contributed by atoms with Crippen LogP contribution < -0.4 is 0 Å². The third-order valence-corrected chi connectivity index (χ3v) is 3.79. The standard InChI is InChI=1S/C18H12N2O2/c21-13-7-11-3-1-2-4-14(11)16(8-13)15-6-5-12-9-19-10-20-17(12)18(15)22/h1-10,21-22H. The Balaban J connectivity index is 2.09. The first-order chi connectivity index (χ1) is 10.7. The molecule has 0 unspecified atom stereocenters. The monoisotopic (exact) mass is 288 g/mol. The van der Waals surface area contributed by atoms with Crippen LogP contribution in [-0.4, -0.2) is 20.2 Å². The zero-order valence-electron chi connectivity index (χ0n) is 11.6. The molecule has 0 spiro atoms. The number of phenols is 2. The zero-order valence-corrected chi connectivity index (χ0v) is 11.6. The minimum Gasteiger partial charge on any atom is -0.508 e. The third kappa shape index (κ3) is 1.85. The normalized spacial score (nSPS) is 11.1. The van der Waals surface area contributed by atoms with E-state index in [-0.39, 0.29) is 11.5 Å². The predicted octanol–water partition coefficient (Wildman–Crippen LogP) is 3.86. The van der Waals surface area contributed by atoms with Gasteiger partial charge in [-0.1, -0.05) is 30.3 Å². The van der Waals surface area contributed by atoms with Gasteiger partial charge in [0.2, 0.25) is 0 Å². The minimum atomic E-state index is 0.0932. The molecule has 0 atom stereocenters. The van der Waals surface area contributed by atoms with Crippen molar-refractivity contribution in [2.45, 2.75) is 0 Å². The Labute approximate surface area is 126 Å². The Morgan fingerprint density at radius 3 is 2.59 bits per heavy atom. The number of aromatic hydroxyl groups is 2.